The lowest BCUT2D eigenvalue weighted by atomic mass is 10.0. The third-order valence-corrected chi connectivity index (χ3v) is 4.25. The molecule has 0 aliphatic rings. The number of benzene rings is 1. The molecule has 1 aromatic carbocycles. The first-order valence-electron chi connectivity index (χ1n) is 7.68. The second-order valence-corrected chi connectivity index (χ2v) is 6.68. The first-order valence-corrected chi connectivity index (χ1v) is 8.56. The quantitative estimate of drug-likeness (QED) is 0.635. The van der Waals surface area contributed by atoms with E-state index in [4.69, 9.17) is 5.73 Å². The van der Waals surface area contributed by atoms with E-state index in [0.717, 1.165) is 0 Å². The van der Waals surface area contributed by atoms with Crippen molar-refractivity contribution in [3.05, 3.63) is 46.7 Å². The summed E-state index contributed by atoms with van der Waals surface area (Å²) in [4.78, 5) is 36.2. The topological polar surface area (TPSA) is 113 Å². The molecular weight excluding hydrogens is 340 g/mol. The molecule has 0 aliphatic carbocycles. The minimum Gasteiger partial charge on any atom is -0.351 e. The summed E-state index contributed by atoms with van der Waals surface area (Å²) in [6, 6.07) is 8.70. The summed E-state index contributed by atoms with van der Waals surface area (Å²) in [6.07, 6.45) is 0. The van der Waals surface area contributed by atoms with Crippen LogP contribution in [0.4, 0.5) is 16.2 Å². The first kappa shape index (κ1) is 18.5. The van der Waals surface area contributed by atoms with Crippen LogP contribution in [-0.2, 0) is 4.79 Å². The highest BCUT2D eigenvalue weighted by Crippen LogP contribution is 2.16. The van der Waals surface area contributed by atoms with Gasteiger partial charge in [0.25, 0.3) is 5.91 Å². The monoisotopic (exact) mass is 360 g/mol. The highest BCUT2D eigenvalue weighted by Gasteiger charge is 2.25. The first-order chi connectivity index (χ1) is 11.9. The predicted molar refractivity (Wildman–Crippen MR) is 98.7 cm³/mol. The van der Waals surface area contributed by atoms with Gasteiger partial charge in [0.1, 0.15) is 6.04 Å². The molecule has 1 unspecified atom stereocenters. The number of urea groups is 1. The minimum absolute atomic E-state index is 0.101. The number of rotatable bonds is 6. The van der Waals surface area contributed by atoms with Crippen molar-refractivity contribution < 1.29 is 14.4 Å². The van der Waals surface area contributed by atoms with Crippen molar-refractivity contribution in [2.75, 3.05) is 10.6 Å². The Bertz CT molecular complexity index is 759. The molecule has 0 radical (unpaired) electrons. The molecule has 0 saturated carbocycles. The zero-order valence-corrected chi connectivity index (χ0v) is 14.7. The molecule has 1 heterocycles. The molecule has 0 aliphatic heterocycles. The van der Waals surface area contributed by atoms with E-state index >= 15 is 0 Å². The zero-order valence-electron chi connectivity index (χ0n) is 13.9. The predicted octanol–water partition coefficient (Wildman–Crippen LogP) is 2.63. The van der Waals surface area contributed by atoms with Gasteiger partial charge < -0.3 is 21.7 Å². The summed E-state index contributed by atoms with van der Waals surface area (Å²) in [5.74, 6) is -0.722. The highest BCUT2D eigenvalue weighted by atomic mass is 32.1. The minimum atomic E-state index is -0.692. The number of hydrogen-bond donors (Lipinski definition) is 4. The van der Waals surface area contributed by atoms with Crippen LogP contribution in [0.25, 0.3) is 0 Å². The number of nitrogens with two attached hydrogens (primary N) is 1. The van der Waals surface area contributed by atoms with Crippen molar-refractivity contribution in [3.63, 3.8) is 0 Å². The number of carbonyl (C=O) groups excluding carboxylic acids is 3. The largest absolute Gasteiger partial charge is 0.351 e. The van der Waals surface area contributed by atoms with E-state index in [1.165, 1.54) is 11.3 Å². The normalized spacial score (nSPS) is 11.6. The molecule has 0 spiro atoms. The average Bonchev–Trinajstić information content (AvgIpc) is 3.06. The molecule has 1 atom stereocenters. The smallest absolute Gasteiger partial charge is 0.316 e. The Morgan fingerprint density at radius 1 is 1.04 bits per heavy atom. The second kappa shape index (κ2) is 8.29. The Hall–Kier alpha value is -2.87. The van der Waals surface area contributed by atoms with Crippen molar-refractivity contribution in [1.29, 1.82) is 0 Å². The van der Waals surface area contributed by atoms with E-state index in [0.29, 0.717) is 16.3 Å². The van der Waals surface area contributed by atoms with Gasteiger partial charge in [-0.3, -0.25) is 9.59 Å². The van der Waals surface area contributed by atoms with E-state index in [1.54, 1.807) is 41.8 Å². The lowest BCUT2D eigenvalue weighted by Crippen LogP contribution is -2.46. The summed E-state index contributed by atoms with van der Waals surface area (Å²) in [5, 5.41) is 9.74. The highest BCUT2D eigenvalue weighted by molar-refractivity contribution is 7.12. The lowest BCUT2D eigenvalue weighted by Gasteiger charge is -2.21. The SMILES string of the molecule is CC(C)C(NC(=O)c1cccs1)C(=O)Nc1cccc(NC(N)=O)c1. The summed E-state index contributed by atoms with van der Waals surface area (Å²) in [6.45, 7) is 3.70. The van der Waals surface area contributed by atoms with Gasteiger partial charge in [-0.05, 0) is 35.6 Å². The van der Waals surface area contributed by atoms with Crippen molar-refractivity contribution in [2.24, 2.45) is 11.7 Å². The molecule has 0 bridgehead atoms. The van der Waals surface area contributed by atoms with Gasteiger partial charge in [0.2, 0.25) is 5.91 Å². The number of anilines is 2. The molecule has 2 aromatic rings. The van der Waals surface area contributed by atoms with E-state index in [-0.39, 0.29) is 17.7 Å². The Labute approximate surface area is 149 Å². The van der Waals surface area contributed by atoms with Crippen LogP contribution < -0.4 is 21.7 Å². The molecular formula is C17H20N4O3S. The fourth-order valence-electron chi connectivity index (χ4n) is 2.19. The molecule has 132 valence electrons. The van der Waals surface area contributed by atoms with Gasteiger partial charge in [0, 0.05) is 11.4 Å². The standard InChI is InChI=1S/C17H20N4O3S/c1-10(2)14(21-15(22)13-7-4-8-25-13)16(23)19-11-5-3-6-12(9-11)20-17(18)24/h3-10,14H,1-2H3,(H,19,23)(H,21,22)(H3,18,20,24). The van der Waals surface area contributed by atoms with Crippen molar-refractivity contribution in [3.8, 4) is 0 Å². The number of amides is 4. The maximum Gasteiger partial charge on any atom is 0.316 e. The van der Waals surface area contributed by atoms with Gasteiger partial charge in [0.05, 0.1) is 4.88 Å². The lowest BCUT2D eigenvalue weighted by molar-refractivity contribution is -0.118. The van der Waals surface area contributed by atoms with Gasteiger partial charge >= 0.3 is 6.03 Å². The van der Waals surface area contributed by atoms with Crippen LogP contribution in [0.3, 0.4) is 0 Å². The molecule has 7 nitrogen and oxygen atoms in total. The number of thiophene rings is 1. The van der Waals surface area contributed by atoms with Gasteiger partial charge in [-0.15, -0.1) is 11.3 Å². The van der Waals surface area contributed by atoms with Gasteiger partial charge in [0.15, 0.2) is 0 Å². The Morgan fingerprint density at radius 2 is 1.72 bits per heavy atom. The molecule has 5 N–H and O–H groups in total. The Morgan fingerprint density at radius 3 is 2.28 bits per heavy atom. The number of hydrogen-bond acceptors (Lipinski definition) is 4. The fraction of sp³-hybridized carbons (Fsp3) is 0.235. The summed E-state index contributed by atoms with van der Waals surface area (Å²) in [7, 11) is 0. The molecule has 4 amide bonds. The summed E-state index contributed by atoms with van der Waals surface area (Å²) in [5.41, 5.74) is 6.04. The van der Waals surface area contributed by atoms with Crippen LogP contribution >= 0.6 is 11.3 Å². The van der Waals surface area contributed by atoms with Crippen molar-refractivity contribution in [2.45, 2.75) is 19.9 Å². The number of carbonyl (C=O) groups is 3. The van der Waals surface area contributed by atoms with Crippen LogP contribution in [0.5, 0.6) is 0 Å². The third-order valence-electron chi connectivity index (χ3n) is 3.38. The molecule has 1 aromatic heterocycles. The van der Waals surface area contributed by atoms with Crippen molar-refractivity contribution >= 4 is 40.6 Å². The van der Waals surface area contributed by atoms with E-state index in [1.807, 2.05) is 13.8 Å². The summed E-state index contributed by atoms with van der Waals surface area (Å²) < 4.78 is 0. The number of primary amides is 1. The Balaban J connectivity index is 2.07. The molecule has 2 rings (SSSR count). The van der Waals surface area contributed by atoms with Crippen LogP contribution in [-0.4, -0.2) is 23.9 Å². The van der Waals surface area contributed by atoms with Crippen LogP contribution in [0.1, 0.15) is 23.5 Å². The molecule has 0 fully saturated rings. The fourth-order valence-corrected chi connectivity index (χ4v) is 2.82. The van der Waals surface area contributed by atoms with Gasteiger partial charge in [-0.25, -0.2) is 4.79 Å². The van der Waals surface area contributed by atoms with Crippen molar-refractivity contribution in [1.82, 2.24) is 5.32 Å². The van der Waals surface area contributed by atoms with E-state index in [9.17, 15) is 14.4 Å². The van der Waals surface area contributed by atoms with Gasteiger partial charge in [-0.1, -0.05) is 26.0 Å². The average molecular weight is 360 g/mol. The van der Waals surface area contributed by atoms with E-state index < -0.39 is 12.1 Å². The zero-order chi connectivity index (χ0) is 18.4. The Kier molecular flexibility index (Phi) is 6.13. The summed E-state index contributed by atoms with van der Waals surface area (Å²) >= 11 is 1.31. The second-order valence-electron chi connectivity index (χ2n) is 5.73. The maximum absolute atomic E-state index is 12.6. The van der Waals surface area contributed by atoms with Crippen LogP contribution in [0.2, 0.25) is 0 Å². The number of nitrogens with one attached hydrogen (secondary N) is 3. The molecule has 25 heavy (non-hydrogen) atoms. The van der Waals surface area contributed by atoms with E-state index in [2.05, 4.69) is 16.0 Å². The van der Waals surface area contributed by atoms with Crippen LogP contribution in [0, 0.1) is 5.92 Å². The third kappa shape index (κ3) is 5.32. The van der Waals surface area contributed by atoms with Gasteiger partial charge in [-0.2, -0.15) is 0 Å². The van der Waals surface area contributed by atoms with Crippen LogP contribution in [0.15, 0.2) is 41.8 Å². The maximum atomic E-state index is 12.6. The molecule has 8 heteroatoms. The molecule has 0 saturated heterocycles.